The van der Waals surface area contributed by atoms with E-state index in [2.05, 4.69) is 0 Å². The zero-order chi connectivity index (χ0) is 37.9. The maximum absolute atomic E-state index is 11.6. The first-order chi connectivity index (χ1) is 26.5. The zero-order valence-electron chi connectivity index (χ0n) is 31.1. The van der Waals surface area contributed by atoms with Crippen molar-refractivity contribution < 1.29 is 14.4 Å². The molecular weight excluding hydrogens is 682 g/mol. The minimum absolute atomic E-state index is 0. The van der Waals surface area contributed by atoms with Gasteiger partial charge in [0.15, 0.2) is 17.3 Å². The molecule has 6 aromatic carbocycles. The summed E-state index contributed by atoms with van der Waals surface area (Å²) in [4.78, 5) is 34.8. The lowest BCUT2D eigenvalue weighted by atomic mass is 10.1. The maximum Gasteiger partial charge on any atom is 0.178 e. The number of allylic oxidation sites excluding steroid dienone is 6. The SMILES string of the molecule is O=C(C=Cc1ccccc1)C=Cc1ccccc1.O=C(C=Cc1ccccc1)C=Cc1ccccc1.O=C(C=Cc1ccccc1)C=Cc1ccccc1.[B].[B]. The van der Waals surface area contributed by atoms with E-state index in [0.717, 1.165) is 33.4 Å². The molecule has 0 heterocycles. The van der Waals surface area contributed by atoms with Gasteiger partial charge in [0, 0.05) is 16.8 Å². The minimum atomic E-state index is -0.0114. The first-order valence-electron chi connectivity index (χ1n) is 17.5. The fourth-order valence-electron chi connectivity index (χ4n) is 4.62. The summed E-state index contributed by atoms with van der Waals surface area (Å²) in [6.45, 7) is 0. The summed E-state index contributed by atoms with van der Waals surface area (Å²) < 4.78 is 0. The molecule has 0 atom stereocenters. The first kappa shape index (κ1) is 45.1. The van der Waals surface area contributed by atoms with Gasteiger partial charge in [-0.05, 0) is 69.8 Å². The molecule has 0 aliphatic rings. The molecule has 56 heavy (non-hydrogen) atoms. The second-order valence-electron chi connectivity index (χ2n) is 11.7. The Labute approximate surface area is 335 Å². The van der Waals surface area contributed by atoms with Gasteiger partial charge in [-0.25, -0.2) is 0 Å². The van der Waals surface area contributed by atoms with Crippen LogP contribution in [0.25, 0.3) is 36.5 Å². The Kier molecular flexibility index (Phi) is 22.1. The van der Waals surface area contributed by atoms with Crippen LogP contribution in [0.15, 0.2) is 218 Å². The second-order valence-corrected chi connectivity index (χ2v) is 11.7. The summed E-state index contributed by atoms with van der Waals surface area (Å²) in [5.41, 5.74) is 6.16. The quantitative estimate of drug-likeness (QED) is 0.0933. The average molecular weight is 725 g/mol. The predicted molar refractivity (Wildman–Crippen MR) is 239 cm³/mol. The molecule has 0 fully saturated rings. The van der Waals surface area contributed by atoms with Crippen molar-refractivity contribution in [2.75, 3.05) is 0 Å². The van der Waals surface area contributed by atoms with Crippen LogP contribution in [0, 0.1) is 0 Å². The molecular formula is C51H42B2O3. The van der Waals surface area contributed by atoms with Crippen LogP contribution >= 0.6 is 0 Å². The molecule has 0 aliphatic heterocycles. The summed E-state index contributed by atoms with van der Waals surface area (Å²) in [7, 11) is 0. The average Bonchev–Trinajstić information content (AvgIpc) is 3.24. The third-order valence-electron chi connectivity index (χ3n) is 7.44. The highest BCUT2D eigenvalue weighted by atomic mass is 16.1. The van der Waals surface area contributed by atoms with Gasteiger partial charge in [0.1, 0.15) is 0 Å². The normalized spacial score (nSPS) is 10.7. The molecule has 6 radical (unpaired) electrons. The monoisotopic (exact) mass is 724 g/mol. The van der Waals surface area contributed by atoms with Crippen molar-refractivity contribution in [1.82, 2.24) is 0 Å². The van der Waals surface area contributed by atoms with Crippen molar-refractivity contribution in [3.05, 3.63) is 252 Å². The molecule has 0 N–H and O–H groups in total. The second kappa shape index (κ2) is 27.5. The van der Waals surface area contributed by atoms with Gasteiger partial charge in [-0.3, -0.25) is 14.4 Å². The largest absolute Gasteiger partial charge is 0.290 e. The molecule has 3 nitrogen and oxygen atoms in total. The van der Waals surface area contributed by atoms with Gasteiger partial charge in [0.05, 0.1) is 0 Å². The molecule has 6 aromatic rings. The first-order valence-corrected chi connectivity index (χ1v) is 17.5. The highest BCUT2D eigenvalue weighted by Crippen LogP contribution is 2.06. The molecule has 0 aliphatic carbocycles. The highest BCUT2D eigenvalue weighted by molar-refractivity contribution is 6.05. The molecule has 0 unspecified atom stereocenters. The van der Waals surface area contributed by atoms with E-state index in [1.165, 1.54) is 0 Å². The van der Waals surface area contributed by atoms with Gasteiger partial charge in [0.2, 0.25) is 0 Å². The van der Waals surface area contributed by atoms with Crippen LogP contribution in [-0.4, -0.2) is 34.2 Å². The van der Waals surface area contributed by atoms with Crippen molar-refractivity contribution in [3.63, 3.8) is 0 Å². The zero-order valence-corrected chi connectivity index (χ0v) is 31.1. The number of benzene rings is 6. The molecule has 5 heteroatoms. The van der Waals surface area contributed by atoms with E-state index in [1.807, 2.05) is 218 Å². The lowest BCUT2D eigenvalue weighted by molar-refractivity contribution is -0.111. The van der Waals surface area contributed by atoms with Crippen LogP contribution in [0.1, 0.15) is 33.4 Å². The van der Waals surface area contributed by atoms with Crippen molar-refractivity contribution in [3.8, 4) is 0 Å². The van der Waals surface area contributed by atoms with Crippen LogP contribution < -0.4 is 0 Å². The number of ketones is 3. The smallest absolute Gasteiger partial charge is 0.178 e. The van der Waals surface area contributed by atoms with Crippen LogP contribution in [0.4, 0.5) is 0 Å². The van der Waals surface area contributed by atoms with Crippen LogP contribution in [0.2, 0.25) is 0 Å². The molecule has 0 amide bonds. The molecule has 0 bridgehead atoms. The van der Waals surface area contributed by atoms with E-state index >= 15 is 0 Å². The molecule has 0 spiro atoms. The molecule has 0 saturated heterocycles. The Hall–Kier alpha value is -7.10. The Morgan fingerprint density at radius 3 is 0.482 bits per heavy atom. The van der Waals surface area contributed by atoms with Crippen molar-refractivity contribution in [1.29, 1.82) is 0 Å². The van der Waals surface area contributed by atoms with Gasteiger partial charge in [-0.15, -0.1) is 0 Å². The fourth-order valence-corrected chi connectivity index (χ4v) is 4.62. The van der Waals surface area contributed by atoms with Crippen LogP contribution in [0.3, 0.4) is 0 Å². The standard InChI is InChI=1S/3C17H14O.2B/c3*18-17(13-11-15-7-3-1-4-8-15)14-12-16-9-5-2-6-10-16;;/h3*1-14H;;. The van der Waals surface area contributed by atoms with Gasteiger partial charge in [-0.1, -0.05) is 218 Å². The lowest BCUT2D eigenvalue weighted by Crippen LogP contribution is -1.84. The highest BCUT2D eigenvalue weighted by Gasteiger charge is 1.93. The Morgan fingerprint density at radius 1 is 0.232 bits per heavy atom. The van der Waals surface area contributed by atoms with E-state index in [0.29, 0.717) is 0 Å². The number of hydrogen-bond donors (Lipinski definition) is 0. The van der Waals surface area contributed by atoms with Gasteiger partial charge < -0.3 is 0 Å². The number of carbonyl (C=O) groups is 3. The third kappa shape index (κ3) is 19.7. The van der Waals surface area contributed by atoms with E-state index in [-0.39, 0.29) is 34.2 Å². The van der Waals surface area contributed by atoms with Crippen LogP contribution in [-0.2, 0) is 14.4 Å². The summed E-state index contributed by atoms with van der Waals surface area (Å²) >= 11 is 0. The summed E-state index contributed by atoms with van der Waals surface area (Å²) in [6, 6.07) is 58.7. The molecule has 0 saturated carbocycles. The van der Waals surface area contributed by atoms with Crippen LogP contribution in [0.5, 0.6) is 0 Å². The molecule has 6 rings (SSSR count). The van der Waals surface area contributed by atoms with Crippen molar-refractivity contribution in [2.45, 2.75) is 0 Å². The van der Waals surface area contributed by atoms with E-state index < -0.39 is 0 Å². The van der Waals surface area contributed by atoms with Gasteiger partial charge >= 0.3 is 0 Å². The fraction of sp³-hybridized carbons (Fsp3) is 0. The van der Waals surface area contributed by atoms with Gasteiger partial charge in [0.25, 0.3) is 0 Å². The summed E-state index contributed by atoms with van der Waals surface area (Å²) in [5, 5.41) is 0. The molecule has 0 aromatic heterocycles. The summed E-state index contributed by atoms with van der Waals surface area (Å²) in [6.07, 6.45) is 20.4. The Morgan fingerprint density at radius 2 is 0.357 bits per heavy atom. The van der Waals surface area contributed by atoms with Crippen molar-refractivity contribution in [2.24, 2.45) is 0 Å². The molecule has 270 valence electrons. The van der Waals surface area contributed by atoms with Gasteiger partial charge in [-0.2, -0.15) is 0 Å². The summed E-state index contributed by atoms with van der Waals surface area (Å²) in [5.74, 6) is -0.0341. The lowest BCUT2D eigenvalue weighted by Gasteiger charge is -1.91. The van der Waals surface area contributed by atoms with E-state index in [1.54, 1.807) is 36.5 Å². The van der Waals surface area contributed by atoms with E-state index in [9.17, 15) is 14.4 Å². The number of rotatable bonds is 12. The predicted octanol–water partition coefficient (Wildman–Crippen LogP) is 11.2. The van der Waals surface area contributed by atoms with E-state index in [4.69, 9.17) is 0 Å². The topological polar surface area (TPSA) is 51.2 Å². The van der Waals surface area contributed by atoms with Crippen molar-refractivity contribution >= 4 is 70.6 Å². The maximum atomic E-state index is 11.6. The minimum Gasteiger partial charge on any atom is -0.290 e. The number of hydrogen-bond acceptors (Lipinski definition) is 3. The third-order valence-corrected chi connectivity index (χ3v) is 7.44. The number of carbonyl (C=O) groups excluding carboxylic acids is 3. The Balaban J connectivity index is 0.000000285. The Bertz CT molecular complexity index is 1760.